The summed E-state index contributed by atoms with van der Waals surface area (Å²) in [6, 6.07) is 13.8. The lowest BCUT2D eigenvalue weighted by Gasteiger charge is -2.17. The van der Waals surface area contributed by atoms with E-state index in [4.69, 9.17) is 9.26 Å². The van der Waals surface area contributed by atoms with Gasteiger partial charge in [-0.1, -0.05) is 41.9 Å². The standard InChI is InChI=1S/C22H25N3O3/c1-5-19(27-18-11-15(3)9-16(4)12-18)22(26)23-13-20-24-21(25-28-20)17-8-6-7-14(2)10-17/h6-12,19H,5,13H2,1-4H3,(H,23,26). The summed E-state index contributed by atoms with van der Waals surface area (Å²) in [6.07, 6.45) is -0.0302. The molecule has 0 saturated heterocycles. The fourth-order valence-electron chi connectivity index (χ4n) is 2.99. The third-order valence-electron chi connectivity index (χ3n) is 4.29. The molecular weight excluding hydrogens is 354 g/mol. The van der Waals surface area contributed by atoms with Crippen LogP contribution in [-0.2, 0) is 11.3 Å². The van der Waals surface area contributed by atoms with Crippen LogP contribution >= 0.6 is 0 Å². The zero-order chi connectivity index (χ0) is 20.1. The van der Waals surface area contributed by atoms with Gasteiger partial charge in [-0.3, -0.25) is 4.79 Å². The van der Waals surface area contributed by atoms with Crippen molar-refractivity contribution in [2.45, 2.75) is 46.8 Å². The predicted octanol–water partition coefficient (Wildman–Crippen LogP) is 4.14. The van der Waals surface area contributed by atoms with Crippen molar-refractivity contribution in [1.29, 1.82) is 0 Å². The van der Waals surface area contributed by atoms with Crippen LogP contribution in [0.1, 0.15) is 35.9 Å². The summed E-state index contributed by atoms with van der Waals surface area (Å²) in [5.74, 6) is 1.34. The maximum Gasteiger partial charge on any atom is 0.261 e. The van der Waals surface area contributed by atoms with Gasteiger partial charge in [0.15, 0.2) is 6.10 Å². The van der Waals surface area contributed by atoms with Crippen molar-refractivity contribution in [3.8, 4) is 17.1 Å². The van der Waals surface area contributed by atoms with Crippen molar-refractivity contribution in [3.63, 3.8) is 0 Å². The minimum absolute atomic E-state index is 0.157. The van der Waals surface area contributed by atoms with E-state index in [1.165, 1.54) is 0 Å². The largest absolute Gasteiger partial charge is 0.481 e. The molecule has 6 nitrogen and oxygen atoms in total. The summed E-state index contributed by atoms with van der Waals surface area (Å²) in [7, 11) is 0. The van der Waals surface area contributed by atoms with E-state index in [1.54, 1.807) is 0 Å². The van der Waals surface area contributed by atoms with Crippen LogP contribution in [-0.4, -0.2) is 22.2 Å². The smallest absolute Gasteiger partial charge is 0.261 e. The van der Waals surface area contributed by atoms with Gasteiger partial charge in [0.1, 0.15) is 5.75 Å². The molecule has 0 spiro atoms. The molecule has 0 aliphatic heterocycles. The van der Waals surface area contributed by atoms with Gasteiger partial charge in [0.05, 0.1) is 6.54 Å². The Bertz CT molecular complexity index is 945. The second kappa shape index (κ2) is 8.69. The van der Waals surface area contributed by atoms with E-state index in [9.17, 15) is 4.79 Å². The molecule has 0 fully saturated rings. The van der Waals surface area contributed by atoms with Gasteiger partial charge in [-0.05, 0) is 56.5 Å². The maximum absolute atomic E-state index is 12.5. The molecular formula is C22H25N3O3. The highest BCUT2D eigenvalue weighted by molar-refractivity contribution is 5.81. The average molecular weight is 379 g/mol. The second-order valence-corrected chi connectivity index (χ2v) is 6.94. The topological polar surface area (TPSA) is 77.2 Å². The zero-order valence-electron chi connectivity index (χ0n) is 16.7. The van der Waals surface area contributed by atoms with Crippen LogP contribution in [0.5, 0.6) is 5.75 Å². The van der Waals surface area contributed by atoms with Crippen molar-refractivity contribution >= 4 is 5.91 Å². The van der Waals surface area contributed by atoms with Crippen molar-refractivity contribution in [1.82, 2.24) is 15.5 Å². The molecule has 2 aromatic carbocycles. The number of ether oxygens (including phenoxy) is 1. The molecule has 146 valence electrons. The Morgan fingerprint density at radius 3 is 2.54 bits per heavy atom. The Hall–Kier alpha value is -3.15. The monoisotopic (exact) mass is 379 g/mol. The number of carbonyl (C=O) groups excluding carboxylic acids is 1. The Kier molecular flexibility index (Phi) is 6.09. The normalized spacial score (nSPS) is 11.9. The van der Waals surface area contributed by atoms with Gasteiger partial charge < -0.3 is 14.6 Å². The first-order chi connectivity index (χ1) is 13.4. The molecule has 1 amide bonds. The fourth-order valence-corrected chi connectivity index (χ4v) is 2.99. The highest BCUT2D eigenvalue weighted by atomic mass is 16.5. The van der Waals surface area contributed by atoms with E-state index < -0.39 is 6.10 Å². The van der Waals surface area contributed by atoms with Gasteiger partial charge in [0, 0.05) is 5.56 Å². The molecule has 0 radical (unpaired) electrons. The molecule has 0 aliphatic rings. The zero-order valence-corrected chi connectivity index (χ0v) is 16.7. The van der Waals surface area contributed by atoms with E-state index in [1.807, 2.05) is 64.1 Å². The lowest BCUT2D eigenvalue weighted by Crippen LogP contribution is -2.37. The van der Waals surface area contributed by atoms with Crippen LogP contribution in [0.3, 0.4) is 0 Å². The number of aromatic nitrogens is 2. The molecule has 0 bridgehead atoms. The molecule has 0 aliphatic carbocycles. The molecule has 28 heavy (non-hydrogen) atoms. The number of hydrogen-bond donors (Lipinski definition) is 1. The minimum Gasteiger partial charge on any atom is -0.481 e. The molecule has 0 saturated carbocycles. The maximum atomic E-state index is 12.5. The van der Waals surface area contributed by atoms with Crippen LogP contribution in [0.4, 0.5) is 0 Å². The first-order valence-electron chi connectivity index (χ1n) is 9.37. The van der Waals surface area contributed by atoms with E-state index in [-0.39, 0.29) is 12.5 Å². The molecule has 6 heteroatoms. The van der Waals surface area contributed by atoms with Crippen molar-refractivity contribution in [3.05, 3.63) is 65.0 Å². The van der Waals surface area contributed by atoms with E-state index in [0.29, 0.717) is 23.9 Å². The molecule has 1 aromatic heterocycles. The summed E-state index contributed by atoms with van der Waals surface area (Å²) in [4.78, 5) is 16.9. The molecule has 1 unspecified atom stereocenters. The Labute approximate surface area is 164 Å². The van der Waals surface area contributed by atoms with Crippen molar-refractivity contribution < 1.29 is 14.1 Å². The Balaban J connectivity index is 1.61. The van der Waals surface area contributed by atoms with E-state index in [2.05, 4.69) is 21.5 Å². The van der Waals surface area contributed by atoms with Gasteiger partial charge in [-0.25, -0.2) is 0 Å². The van der Waals surface area contributed by atoms with Crippen molar-refractivity contribution in [2.75, 3.05) is 0 Å². The summed E-state index contributed by atoms with van der Waals surface area (Å²) in [6.45, 7) is 8.08. The van der Waals surface area contributed by atoms with Crippen molar-refractivity contribution in [2.24, 2.45) is 0 Å². The van der Waals surface area contributed by atoms with Crippen LogP contribution in [0.15, 0.2) is 47.0 Å². The number of nitrogens with one attached hydrogen (secondary N) is 1. The summed E-state index contributed by atoms with van der Waals surface area (Å²) in [5, 5.41) is 6.80. The highest BCUT2D eigenvalue weighted by Gasteiger charge is 2.19. The third-order valence-corrected chi connectivity index (χ3v) is 4.29. The Morgan fingerprint density at radius 1 is 1.11 bits per heavy atom. The van der Waals surface area contributed by atoms with Crippen LogP contribution < -0.4 is 10.1 Å². The predicted molar refractivity (Wildman–Crippen MR) is 107 cm³/mol. The quantitative estimate of drug-likeness (QED) is 0.668. The van der Waals surface area contributed by atoms with Gasteiger partial charge in [-0.15, -0.1) is 0 Å². The van der Waals surface area contributed by atoms with Gasteiger partial charge in [0.25, 0.3) is 5.91 Å². The molecule has 1 N–H and O–H groups in total. The fraction of sp³-hybridized carbons (Fsp3) is 0.318. The molecule has 3 aromatic rings. The molecule has 1 atom stereocenters. The second-order valence-electron chi connectivity index (χ2n) is 6.94. The number of hydrogen-bond acceptors (Lipinski definition) is 5. The number of carbonyl (C=O) groups is 1. The lowest BCUT2D eigenvalue weighted by atomic mass is 10.1. The SMILES string of the molecule is CCC(Oc1cc(C)cc(C)c1)C(=O)NCc1nc(-c2cccc(C)c2)no1. The summed E-state index contributed by atoms with van der Waals surface area (Å²) >= 11 is 0. The van der Waals surface area contributed by atoms with E-state index in [0.717, 1.165) is 22.3 Å². The number of aryl methyl sites for hydroxylation is 3. The van der Waals surface area contributed by atoms with Gasteiger partial charge in [-0.2, -0.15) is 4.98 Å². The number of nitrogens with zero attached hydrogens (tertiary/aromatic N) is 2. The molecule has 1 heterocycles. The first kappa shape index (κ1) is 19.6. The highest BCUT2D eigenvalue weighted by Crippen LogP contribution is 2.19. The van der Waals surface area contributed by atoms with Crippen LogP contribution in [0.25, 0.3) is 11.4 Å². The Morgan fingerprint density at radius 2 is 1.86 bits per heavy atom. The lowest BCUT2D eigenvalue weighted by molar-refractivity contribution is -0.128. The first-order valence-corrected chi connectivity index (χ1v) is 9.37. The summed E-state index contributed by atoms with van der Waals surface area (Å²) < 4.78 is 11.1. The number of benzene rings is 2. The van der Waals surface area contributed by atoms with Gasteiger partial charge in [0.2, 0.25) is 11.7 Å². The van der Waals surface area contributed by atoms with Crippen LogP contribution in [0, 0.1) is 20.8 Å². The summed E-state index contributed by atoms with van der Waals surface area (Å²) in [5.41, 5.74) is 4.19. The average Bonchev–Trinajstić information content (AvgIpc) is 3.12. The van der Waals surface area contributed by atoms with Crippen LogP contribution in [0.2, 0.25) is 0 Å². The van der Waals surface area contributed by atoms with E-state index >= 15 is 0 Å². The van der Waals surface area contributed by atoms with Gasteiger partial charge >= 0.3 is 0 Å². The molecule has 3 rings (SSSR count). The minimum atomic E-state index is -0.583. The third kappa shape index (κ3) is 4.97. The number of amides is 1. The number of rotatable bonds is 7.